The van der Waals surface area contributed by atoms with Crippen molar-refractivity contribution in [1.29, 1.82) is 0 Å². The van der Waals surface area contributed by atoms with Crippen LogP contribution in [0.3, 0.4) is 0 Å². The SMILES string of the molecule is COC(=O)C(c1ccc(F)cc1Cl)C1C=CC(NC(=O)/C=C/c2ccccc2Cl)C1. The van der Waals surface area contributed by atoms with Crippen LogP contribution in [0.15, 0.2) is 60.7 Å². The number of benzene rings is 2. The number of methoxy groups -OCH3 is 1. The molecule has 1 amide bonds. The maximum absolute atomic E-state index is 13.4. The van der Waals surface area contributed by atoms with Crippen LogP contribution in [0.5, 0.6) is 0 Å². The standard InChI is InChI=1S/C23H20Cl2FNO3/c1-30-23(29)22(18-10-8-16(26)13-20(18)25)15-6-9-17(12-15)27-21(28)11-7-14-4-2-3-5-19(14)24/h2-11,13,15,17,22H,12H2,1H3,(H,27,28)/b11-7+. The first-order valence-corrected chi connectivity index (χ1v) is 10.1. The van der Waals surface area contributed by atoms with Crippen molar-refractivity contribution in [2.24, 2.45) is 5.92 Å². The summed E-state index contributed by atoms with van der Waals surface area (Å²) in [5, 5.41) is 3.60. The lowest BCUT2D eigenvalue weighted by atomic mass is 9.85. The molecule has 2 aromatic rings. The van der Waals surface area contributed by atoms with Crippen molar-refractivity contribution in [3.05, 3.63) is 87.7 Å². The third-order valence-corrected chi connectivity index (χ3v) is 5.62. The summed E-state index contributed by atoms with van der Waals surface area (Å²) in [6.45, 7) is 0. The van der Waals surface area contributed by atoms with Gasteiger partial charge in [-0.25, -0.2) is 4.39 Å². The molecule has 1 N–H and O–H groups in total. The molecule has 7 heteroatoms. The molecule has 0 aliphatic heterocycles. The first-order chi connectivity index (χ1) is 14.4. The summed E-state index contributed by atoms with van der Waals surface area (Å²) in [5.41, 5.74) is 1.23. The number of allylic oxidation sites excluding steroid dienone is 1. The maximum atomic E-state index is 13.4. The maximum Gasteiger partial charge on any atom is 0.313 e. The summed E-state index contributed by atoms with van der Waals surface area (Å²) in [7, 11) is 1.30. The van der Waals surface area contributed by atoms with E-state index in [1.807, 2.05) is 30.4 Å². The topological polar surface area (TPSA) is 55.4 Å². The summed E-state index contributed by atoms with van der Waals surface area (Å²) < 4.78 is 18.4. The quantitative estimate of drug-likeness (QED) is 0.377. The predicted molar refractivity (Wildman–Crippen MR) is 116 cm³/mol. The molecular weight excluding hydrogens is 428 g/mol. The van der Waals surface area contributed by atoms with E-state index in [9.17, 15) is 14.0 Å². The molecule has 30 heavy (non-hydrogen) atoms. The van der Waals surface area contributed by atoms with Gasteiger partial charge < -0.3 is 10.1 Å². The molecule has 4 nitrogen and oxygen atoms in total. The van der Waals surface area contributed by atoms with Gasteiger partial charge in [0.15, 0.2) is 0 Å². The van der Waals surface area contributed by atoms with Crippen molar-refractivity contribution < 1.29 is 18.7 Å². The van der Waals surface area contributed by atoms with Gasteiger partial charge in [-0.15, -0.1) is 0 Å². The lowest BCUT2D eigenvalue weighted by Gasteiger charge is -2.22. The highest BCUT2D eigenvalue weighted by atomic mass is 35.5. The highest BCUT2D eigenvalue weighted by Gasteiger charge is 2.35. The third kappa shape index (κ3) is 5.29. The highest BCUT2D eigenvalue weighted by Crippen LogP contribution is 2.37. The van der Waals surface area contributed by atoms with E-state index in [1.165, 1.54) is 31.4 Å². The molecular formula is C23H20Cl2FNO3. The summed E-state index contributed by atoms with van der Waals surface area (Å²) >= 11 is 12.3. The van der Waals surface area contributed by atoms with Crippen molar-refractivity contribution >= 4 is 41.2 Å². The lowest BCUT2D eigenvalue weighted by molar-refractivity contribution is -0.143. The lowest BCUT2D eigenvalue weighted by Crippen LogP contribution is -2.32. The van der Waals surface area contributed by atoms with Crippen LogP contribution in [-0.4, -0.2) is 25.0 Å². The first kappa shape index (κ1) is 22.1. The minimum Gasteiger partial charge on any atom is -0.469 e. The molecule has 0 saturated carbocycles. The van der Waals surface area contributed by atoms with Gasteiger partial charge in [-0.1, -0.05) is 59.6 Å². The molecule has 3 atom stereocenters. The number of esters is 1. The average Bonchev–Trinajstić information content (AvgIpc) is 3.16. The number of halogens is 3. The van der Waals surface area contributed by atoms with Gasteiger partial charge in [0.1, 0.15) is 5.82 Å². The Morgan fingerprint density at radius 1 is 1.17 bits per heavy atom. The second-order valence-electron chi connectivity index (χ2n) is 6.92. The van der Waals surface area contributed by atoms with Crippen molar-refractivity contribution in [2.75, 3.05) is 7.11 Å². The molecule has 3 rings (SSSR count). The van der Waals surface area contributed by atoms with Crippen LogP contribution in [0, 0.1) is 11.7 Å². The summed E-state index contributed by atoms with van der Waals surface area (Å²) in [6.07, 6.45) is 7.22. The number of carbonyl (C=O) groups is 2. The van der Waals surface area contributed by atoms with Crippen LogP contribution in [0.4, 0.5) is 4.39 Å². The number of nitrogens with one attached hydrogen (secondary N) is 1. The number of ether oxygens (including phenoxy) is 1. The Hall–Kier alpha value is -2.63. The minimum absolute atomic E-state index is 0.161. The zero-order valence-corrected chi connectivity index (χ0v) is 17.7. The van der Waals surface area contributed by atoms with E-state index in [0.717, 1.165) is 5.56 Å². The number of hydrogen-bond donors (Lipinski definition) is 1. The van der Waals surface area contributed by atoms with Crippen molar-refractivity contribution in [1.82, 2.24) is 5.32 Å². The van der Waals surface area contributed by atoms with E-state index in [0.29, 0.717) is 17.0 Å². The van der Waals surface area contributed by atoms with Gasteiger partial charge in [-0.3, -0.25) is 9.59 Å². The van der Waals surface area contributed by atoms with E-state index in [-0.39, 0.29) is 22.9 Å². The summed E-state index contributed by atoms with van der Waals surface area (Å²) in [5.74, 6) is -2.17. The summed E-state index contributed by atoms with van der Waals surface area (Å²) in [4.78, 5) is 24.7. The van der Waals surface area contributed by atoms with Gasteiger partial charge >= 0.3 is 5.97 Å². The Balaban J connectivity index is 1.68. The molecule has 1 aliphatic rings. The monoisotopic (exact) mass is 447 g/mol. The first-order valence-electron chi connectivity index (χ1n) is 9.33. The highest BCUT2D eigenvalue weighted by molar-refractivity contribution is 6.32. The Morgan fingerprint density at radius 2 is 1.93 bits per heavy atom. The van der Waals surface area contributed by atoms with Gasteiger partial charge in [0.05, 0.1) is 13.0 Å². The number of carbonyl (C=O) groups excluding carboxylic acids is 2. The Bertz CT molecular complexity index is 1010. The Morgan fingerprint density at radius 3 is 2.63 bits per heavy atom. The van der Waals surface area contributed by atoms with Crippen LogP contribution in [-0.2, 0) is 14.3 Å². The van der Waals surface area contributed by atoms with Gasteiger partial charge in [0, 0.05) is 22.2 Å². The molecule has 156 valence electrons. The Labute approximate surface area is 184 Å². The van der Waals surface area contributed by atoms with Crippen LogP contribution in [0.2, 0.25) is 10.0 Å². The van der Waals surface area contributed by atoms with Gasteiger partial charge in [0.2, 0.25) is 5.91 Å². The van der Waals surface area contributed by atoms with Gasteiger partial charge in [-0.2, -0.15) is 0 Å². The van der Waals surface area contributed by atoms with Crippen LogP contribution < -0.4 is 5.32 Å². The number of rotatable bonds is 6. The van der Waals surface area contributed by atoms with E-state index in [4.69, 9.17) is 27.9 Å². The molecule has 0 fully saturated rings. The number of hydrogen-bond acceptors (Lipinski definition) is 3. The average molecular weight is 448 g/mol. The van der Waals surface area contributed by atoms with E-state index in [2.05, 4.69) is 5.32 Å². The number of amides is 1. The zero-order valence-electron chi connectivity index (χ0n) is 16.1. The van der Waals surface area contributed by atoms with Crippen molar-refractivity contribution in [3.8, 4) is 0 Å². The molecule has 0 saturated heterocycles. The van der Waals surface area contributed by atoms with Crippen LogP contribution in [0.25, 0.3) is 6.08 Å². The van der Waals surface area contributed by atoms with Gasteiger partial charge in [0.25, 0.3) is 0 Å². The third-order valence-electron chi connectivity index (χ3n) is 4.94. The molecule has 0 aromatic heterocycles. The normalized spacial score (nSPS) is 19.1. The summed E-state index contributed by atoms with van der Waals surface area (Å²) in [6, 6.07) is 10.9. The molecule has 0 bridgehead atoms. The molecule has 3 unspecified atom stereocenters. The fraction of sp³-hybridized carbons (Fsp3) is 0.217. The molecule has 2 aromatic carbocycles. The second kappa shape index (κ2) is 9.92. The van der Waals surface area contributed by atoms with Gasteiger partial charge in [-0.05, 0) is 47.7 Å². The zero-order chi connectivity index (χ0) is 21.7. The van der Waals surface area contributed by atoms with E-state index >= 15 is 0 Å². The molecule has 0 spiro atoms. The predicted octanol–water partition coefficient (Wildman–Crippen LogP) is 5.16. The molecule has 0 radical (unpaired) electrons. The van der Waals surface area contributed by atoms with Crippen molar-refractivity contribution in [2.45, 2.75) is 18.4 Å². The molecule has 0 heterocycles. The van der Waals surface area contributed by atoms with E-state index < -0.39 is 17.7 Å². The van der Waals surface area contributed by atoms with E-state index in [1.54, 1.807) is 12.1 Å². The van der Waals surface area contributed by atoms with Crippen LogP contribution in [0.1, 0.15) is 23.5 Å². The fourth-order valence-electron chi connectivity index (χ4n) is 3.50. The smallest absolute Gasteiger partial charge is 0.313 e. The van der Waals surface area contributed by atoms with Crippen LogP contribution >= 0.6 is 23.2 Å². The van der Waals surface area contributed by atoms with Crippen molar-refractivity contribution in [3.63, 3.8) is 0 Å². The Kier molecular flexibility index (Phi) is 7.29. The second-order valence-corrected chi connectivity index (χ2v) is 7.74. The minimum atomic E-state index is -0.695. The fourth-order valence-corrected chi connectivity index (χ4v) is 3.98. The largest absolute Gasteiger partial charge is 0.469 e. The molecule has 1 aliphatic carbocycles.